The summed E-state index contributed by atoms with van der Waals surface area (Å²) in [5.74, 6) is 0.0927. The van der Waals surface area contributed by atoms with Gasteiger partial charge in [-0.2, -0.15) is 13.2 Å². The van der Waals surface area contributed by atoms with Crippen molar-refractivity contribution in [1.82, 2.24) is 9.97 Å². The molecule has 3 aromatic heterocycles. The number of halogens is 3. The average molecular weight is 406 g/mol. The van der Waals surface area contributed by atoms with Gasteiger partial charge in [0.15, 0.2) is 0 Å². The van der Waals surface area contributed by atoms with Crippen molar-refractivity contribution in [1.29, 1.82) is 0 Å². The fourth-order valence-corrected chi connectivity index (χ4v) is 4.34. The first-order valence-corrected chi connectivity index (χ1v) is 9.59. The number of carbonyl (C=O) groups is 1. The molecule has 4 rings (SSSR count). The summed E-state index contributed by atoms with van der Waals surface area (Å²) >= 11 is 1.18. The zero-order valence-electron chi connectivity index (χ0n) is 14.9. The second kappa shape index (κ2) is 6.73. The summed E-state index contributed by atoms with van der Waals surface area (Å²) in [7, 11) is 0. The van der Waals surface area contributed by atoms with E-state index in [0.29, 0.717) is 22.6 Å². The van der Waals surface area contributed by atoms with Crippen LogP contribution >= 0.6 is 11.3 Å². The highest BCUT2D eigenvalue weighted by atomic mass is 32.1. The number of amides is 1. The van der Waals surface area contributed by atoms with Crippen LogP contribution < -0.4 is 11.1 Å². The minimum atomic E-state index is -4.48. The quantitative estimate of drug-likeness (QED) is 0.648. The number of nitrogens with two attached hydrogens (primary N) is 1. The van der Waals surface area contributed by atoms with Crippen molar-refractivity contribution in [2.75, 3.05) is 11.1 Å². The van der Waals surface area contributed by atoms with E-state index in [1.54, 1.807) is 0 Å². The second-order valence-electron chi connectivity index (χ2n) is 7.02. The van der Waals surface area contributed by atoms with Crippen LogP contribution in [0.15, 0.2) is 24.4 Å². The Hall–Kier alpha value is -2.68. The van der Waals surface area contributed by atoms with E-state index in [4.69, 9.17) is 5.73 Å². The van der Waals surface area contributed by atoms with Gasteiger partial charge in [0.1, 0.15) is 15.5 Å². The molecule has 0 radical (unpaired) electrons. The summed E-state index contributed by atoms with van der Waals surface area (Å²) in [5, 5.41) is 3.24. The van der Waals surface area contributed by atoms with E-state index < -0.39 is 17.6 Å². The topological polar surface area (TPSA) is 80.9 Å². The Morgan fingerprint density at radius 1 is 1.36 bits per heavy atom. The molecule has 0 fully saturated rings. The number of carbonyl (C=O) groups excluding carboxylic acids is 1. The van der Waals surface area contributed by atoms with E-state index in [1.807, 2.05) is 6.07 Å². The molecule has 0 saturated carbocycles. The number of alkyl halides is 3. The maximum Gasteiger partial charge on any atom is 0.417 e. The van der Waals surface area contributed by atoms with Gasteiger partial charge in [-0.15, -0.1) is 11.3 Å². The lowest BCUT2D eigenvalue weighted by atomic mass is 9.87. The number of thiophene rings is 1. The molecule has 5 nitrogen and oxygen atoms in total. The molecule has 0 aliphatic heterocycles. The maximum atomic E-state index is 12.6. The number of pyridine rings is 2. The van der Waals surface area contributed by atoms with Crippen LogP contribution in [0.1, 0.15) is 39.8 Å². The van der Waals surface area contributed by atoms with Gasteiger partial charge >= 0.3 is 6.18 Å². The summed E-state index contributed by atoms with van der Waals surface area (Å²) in [4.78, 5) is 21.9. The Morgan fingerprint density at radius 3 is 2.82 bits per heavy atom. The van der Waals surface area contributed by atoms with Gasteiger partial charge in [-0.05, 0) is 48.9 Å². The SMILES string of the molecule is CC1CCc2nc3sc(C(=O)Nc4ccc(C(F)(F)F)cn4)c(N)c3cc2C1. The molecule has 0 saturated heterocycles. The third-order valence-electron chi connectivity index (χ3n) is 4.87. The van der Waals surface area contributed by atoms with Gasteiger partial charge in [-0.3, -0.25) is 4.79 Å². The molecule has 146 valence electrons. The number of anilines is 2. The Labute approximate surface area is 162 Å². The van der Waals surface area contributed by atoms with Crippen molar-refractivity contribution in [2.24, 2.45) is 5.92 Å². The Kier molecular flexibility index (Phi) is 4.49. The number of nitrogen functional groups attached to an aromatic ring is 1. The molecule has 9 heteroatoms. The summed E-state index contributed by atoms with van der Waals surface area (Å²) in [6, 6.07) is 3.99. The number of nitrogens with one attached hydrogen (secondary N) is 1. The van der Waals surface area contributed by atoms with Crippen LogP contribution in [-0.4, -0.2) is 15.9 Å². The first kappa shape index (κ1) is 18.7. The Bertz CT molecular complexity index is 1060. The smallest absolute Gasteiger partial charge is 0.397 e. The van der Waals surface area contributed by atoms with Crippen molar-refractivity contribution in [3.63, 3.8) is 0 Å². The fourth-order valence-electron chi connectivity index (χ4n) is 3.35. The normalized spacial score (nSPS) is 16.8. The largest absolute Gasteiger partial charge is 0.417 e. The lowest BCUT2D eigenvalue weighted by molar-refractivity contribution is -0.137. The molecule has 3 heterocycles. The van der Waals surface area contributed by atoms with Crippen molar-refractivity contribution < 1.29 is 18.0 Å². The van der Waals surface area contributed by atoms with Gasteiger partial charge in [-0.1, -0.05) is 6.92 Å². The molecule has 0 bridgehead atoms. The molecule has 1 unspecified atom stereocenters. The van der Waals surface area contributed by atoms with E-state index in [-0.39, 0.29) is 10.7 Å². The van der Waals surface area contributed by atoms with Crippen LogP contribution in [0, 0.1) is 5.92 Å². The zero-order chi connectivity index (χ0) is 20.1. The standard InChI is InChI=1S/C19H17F3N4OS/c1-9-2-4-13-10(6-9)7-12-15(23)16(28-18(12)25-13)17(27)26-14-5-3-11(8-24-14)19(20,21)22/h3,5,7-9H,2,4,6,23H2,1H3,(H,24,26,27). The predicted octanol–water partition coefficient (Wildman–Crippen LogP) is 4.67. The van der Waals surface area contributed by atoms with Crippen LogP contribution in [0.5, 0.6) is 0 Å². The number of rotatable bonds is 2. The number of aryl methyl sites for hydroxylation is 1. The average Bonchev–Trinajstić information content (AvgIpc) is 2.96. The second-order valence-corrected chi connectivity index (χ2v) is 8.02. The molecule has 1 aliphatic carbocycles. The Balaban J connectivity index is 1.61. The maximum absolute atomic E-state index is 12.6. The van der Waals surface area contributed by atoms with Crippen LogP contribution in [-0.2, 0) is 19.0 Å². The van der Waals surface area contributed by atoms with Gasteiger partial charge in [0, 0.05) is 17.3 Å². The van der Waals surface area contributed by atoms with E-state index in [9.17, 15) is 18.0 Å². The molecule has 0 aromatic carbocycles. The molecule has 1 amide bonds. The number of hydrogen-bond acceptors (Lipinski definition) is 5. The number of aromatic nitrogens is 2. The third-order valence-corrected chi connectivity index (χ3v) is 5.98. The summed E-state index contributed by atoms with van der Waals surface area (Å²) in [6.07, 6.45) is -0.875. The molecule has 3 N–H and O–H groups in total. The van der Waals surface area contributed by atoms with E-state index in [0.717, 1.165) is 48.0 Å². The highest BCUT2D eigenvalue weighted by Crippen LogP contribution is 2.36. The minimum absolute atomic E-state index is 0.0240. The molecule has 3 aromatic rings. The Morgan fingerprint density at radius 2 is 2.14 bits per heavy atom. The van der Waals surface area contributed by atoms with E-state index in [2.05, 4.69) is 22.2 Å². The zero-order valence-corrected chi connectivity index (χ0v) is 15.7. The molecule has 1 atom stereocenters. The van der Waals surface area contributed by atoms with Crippen molar-refractivity contribution in [3.05, 3.63) is 46.1 Å². The van der Waals surface area contributed by atoms with Crippen LogP contribution in [0.2, 0.25) is 0 Å². The van der Waals surface area contributed by atoms with E-state index >= 15 is 0 Å². The third kappa shape index (κ3) is 3.42. The van der Waals surface area contributed by atoms with E-state index in [1.165, 1.54) is 11.3 Å². The summed E-state index contributed by atoms with van der Waals surface area (Å²) < 4.78 is 37.9. The fraction of sp³-hybridized carbons (Fsp3) is 0.316. The van der Waals surface area contributed by atoms with Crippen LogP contribution in [0.3, 0.4) is 0 Å². The van der Waals surface area contributed by atoms with Crippen LogP contribution in [0.25, 0.3) is 10.2 Å². The molecular weight excluding hydrogens is 389 g/mol. The van der Waals surface area contributed by atoms with Gasteiger partial charge in [-0.25, -0.2) is 9.97 Å². The lowest BCUT2D eigenvalue weighted by Gasteiger charge is -2.20. The molecule has 28 heavy (non-hydrogen) atoms. The van der Waals surface area contributed by atoms with Crippen LogP contribution in [0.4, 0.5) is 24.7 Å². The molecular formula is C19H17F3N4OS. The molecule has 1 aliphatic rings. The summed E-state index contributed by atoms with van der Waals surface area (Å²) in [5.41, 5.74) is 7.84. The highest BCUT2D eigenvalue weighted by Gasteiger charge is 2.30. The van der Waals surface area contributed by atoms with Gasteiger partial charge < -0.3 is 11.1 Å². The van der Waals surface area contributed by atoms with Gasteiger partial charge in [0.2, 0.25) is 0 Å². The highest BCUT2D eigenvalue weighted by molar-refractivity contribution is 7.21. The van der Waals surface area contributed by atoms with Gasteiger partial charge in [0.05, 0.1) is 11.3 Å². The number of fused-ring (bicyclic) bond motifs is 2. The first-order chi connectivity index (χ1) is 13.2. The van der Waals surface area contributed by atoms with Gasteiger partial charge in [0.25, 0.3) is 5.91 Å². The van der Waals surface area contributed by atoms with Crippen molar-refractivity contribution in [2.45, 2.75) is 32.4 Å². The minimum Gasteiger partial charge on any atom is -0.397 e. The summed E-state index contributed by atoms with van der Waals surface area (Å²) in [6.45, 7) is 2.19. The predicted molar refractivity (Wildman–Crippen MR) is 102 cm³/mol. The van der Waals surface area contributed by atoms with Crippen molar-refractivity contribution >= 4 is 39.0 Å². The lowest BCUT2D eigenvalue weighted by Crippen LogP contribution is -2.14. The first-order valence-electron chi connectivity index (χ1n) is 8.77. The number of hydrogen-bond donors (Lipinski definition) is 2. The van der Waals surface area contributed by atoms with Crippen molar-refractivity contribution in [3.8, 4) is 0 Å². The number of nitrogens with zero attached hydrogens (tertiary/aromatic N) is 2. The molecule has 0 spiro atoms. The monoisotopic (exact) mass is 406 g/mol.